The summed E-state index contributed by atoms with van der Waals surface area (Å²) in [4.78, 5) is 33.3. The smallest absolute Gasteiger partial charge is 0.322 e. The Morgan fingerprint density at radius 2 is 1.58 bits per heavy atom. The van der Waals surface area contributed by atoms with Crippen LogP contribution in [0.2, 0.25) is 0 Å². The van der Waals surface area contributed by atoms with Gasteiger partial charge in [0.25, 0.3) is 0 Å². The SMILES string of the molecule is CCCN(CC(=O)N(CCc1c[nH]c2ccccc12)Cc1ccc(F)cc1)C(=O)Nc1ccc(CC)cc1. The lowest BCUT2D eigenvalue weighted by atomic mass is 10.1. The number of benzene rings is 3. The van der Waals surface area contributed by atoms with Crippen LogP contribution in [0, 0.1) is 5.82 Å². The van der Waals surface area contributed by atoms with Gasteiger partial charge in [-0.05, 0) is 66.3 Å². The maximum atomic E-state index is 13.6. The normalized spacial score (nSPS) is 10.9. The minimum atomic E-state index is -0.316. The van der Waals surface area contributed by atoms with Crippen LogP contribution in [0.5, 0.6) is 0 Å². The molecule has 4 aromatic rings. The number of nitrogens with zero attached hydrogens (tertiary/aromatic N) is 2. The van der Waals surface area contributed by atoms with E-state index in [0.29, 0.717) is 31.7 Å². The van der Waals surface area contributed by atoms with Crippen molar-refractivity contribution < 1.29 is 14.0 Å². The van der Waals surface area contributed by atoms with E-state index >= 15 is 0 Å². The fourth-order valence-corrected chi connectivity index (χ4v) is 4.51. The molecular formula is C31H35FN4O2. The van der Waals surface area contributed by atoms with Crippen molar-refractivity contribution in [1.82, 2.24) is 14.8 Å². The molecule has 1 heterocycles. The van der Waals surface area contributed by atoms with E-state index in [1.165, 1.54) is 17.7 Å². The van der Waals surface area contributed by atoms with Crippen molar-refractivity contribution in [2.75, 3.05) is 25.0 Å². The van der Waals surface area contributed by atoms with Crippen molar-refractivity contribution in [3.05, 3.63) is 102 Å². The summed E-state index contributed by atoms with van der Waals surface area (Å²) in [6.45, 7) is 5.28. The van der Waals surface area contributed by atoms with Gasteiger partial charge in [0, 0.05) is 42.4 Å². The number of aromatic amines is 1. The van der Waals surface area contributed by atoms with Crippen molar-refractivity contribution in [2.24, 2.45) is 0 Å². The number of anilines is 1. The standard InChI is InChI=1S/C31H35FN4O2/c1-3-18-36(31(38)34-27-15-11-23(4-2)12-16-27)22-30(37)35(21-24-9-13-26(32)14-10-24)19-17-25-20-33-29-8-6-5-7-28(25)29/h5-16,20,33H,3-4,17-19,21-22H2,1-2H3,(H,34,38). The molecule has 0 radical (unpaired) electrons. The first kappa shape index (κ1) is 26.9. The van der Waals surface area contributed by atoms with Gasteiger partial charge < -0.3 is 20.1 Å². The zero-order chi connectivity index (χ0) is 26.9. The number of urea groups is 1. The lowest BCUT2D eigenvalue weighted by Gasteiger charge is -2.28. The molecule has 0 saturated heterocycles. The Bertz CT molecular complexity index is 1350. The molecule has 0 unspecified atom stereocenters. The van der Waals surface area contributed by atoms with E-state index in [2.05, 4.69) is 23.3 Å². The summed E-state index contributed by atoms with van der Waals surface area (Å²) in [7, 11) is 0. The quantitative estimate of drug-likeness (QED) is 0.244. The van der Waals surface area contributed by atoms with Crippen LogP contribution in [-0.2, 0) is 24.2 Å². The molecule has 0 bridgehead atoms. The van der Waals surface area contributed by atoms with Crippen molar-refractivity contribution in [3.63, 3.8) is 0 Å². The summed E-state index contributed by atoms with van der Waals surface area (Å²) in [5.74, 6) is -0.470. The lowest BCUT2D eigenvalue weighted by Crippen LogP contribution is -2.45. The molecule has 0 saturated carbocycles. The summed E-state index contributed by atoms with van der Waals surface area (Å²) in [6.07, 6.45) is 4.28. The second-order valence-corrected chi connectivity index (χ2v) is 9.45. The van der Waals surface area contributed by atoms with Gasteiger partial charge in [-0.1, -0.05) is 56.3 Å². The van der Waals surface area contributed by atoms with Crippen LogP contribution in [0.3, 0.4) is 0 Å². The molecule has 0 aliphatic rings. The van der Waals surface area contributed by atoms with Crippen molar-refractivity contribution >= 4 is 28.5 Å². The number of carbonyl (C=O) groups excluding carboxylic acids is 2. The molecule has 38 heavy (non-hydrogen) atoms. The molecule has 0 fully saturated rings. The second kappa shape index (κ2) is 12.9. The highest BCUT2D eigenvalue weighted by atomic mass is 19.1. The fourth-order valence-electron chi connectivity index (χ4n) is 4.51. The van der Waals surface area contributed by atoms with Crippen LogP contribution in [0.4, 0.5) is 14.9 Å². The van der Waals surface area contributed by atoms with E-state index in [-0.39, 0.29) is 24.3 Å². The van der Waals surface area contributed by atoms with Crippen LogP contribution in [0.15, 0.2) is 79.0 Å². The second-order valence-electron chi connectivity index (χ2n) is 9.45. The first-order valence-corrected chi connectivity index (χ1v) is 13.2. The summed E-state index contributed by atoms with van der Waals surface area (Å²) in [5.41, 5.74) is 4.90. The van der Waals surface area contributed by atoms with Crippen molar-refractivity contribution in [3.8, 4) is 0 Å². The molecule has 0 aliphatic carbocycles. The molecule has 1 aromatic heterocycles. The molecule has 0 spiro atoms. The maximum Gasteiger partial charge on any atom is 0.322 e. The van der Waals surface area contributed by atoms with E-state index in [0.717, 1.165) is 34.9 Å². The number of rotatable bonds is 11. The highest BCUT2D eigenvalue weighted by Crippen LogP contribution is 2.19. The van der Waals surface area contributed by atoms with Crippen LogP contribution in [0.25, 0.3) is 10.9 Å². The molecule has 198 valence electrons. The predicted molar refractivity (Wildman–Crippen MR) is 151 cm³/mol. The number of fused-ring (bicyclic) bond motifs is 1. The number of para-hydroxylation sites is 1. The summed E-state index contributed by atoms with van der Waals surface area (Å²) in [5, 5.41) is 4.05. The lowest BCUT2D eigenvalue weighted by molar-refractivity contribution is -0.132. The van der Waals surface area contributed by atoms with Gasteiger partial charge in [-0.2, -0.15) is 0 Å². The Balaban J connectivity index is 1.48. The minimum absolute atomic E-state index is 0.0399. The van der Waals surface area contributed by atoms with Gasteiger partial charge in [-0.25, -0.2) is 9.18 Å². The zero-order valence-corrected chi connectivity index (χ0v) is 22.0. The Hall–Kier alpha value is -4.13. The third-order valence-electron chi connectivity index (χ3n) is 6.69. The number of aryl methyl sites for hydroxylation is 1. The van der Waals surface area contributed by atoms with Crippen LogP contribution < -0.4 is 5.32 Å². The monoisotopic (exact) mass is 514 g/mol. The third-order valence-corrected chi connectivity index (χ3v) is 6.69. The molecule has 4 rings (SSSR count). The number of hydrogen-bond acceptors (Lipinski definition) is 2. The topological polar surface area (TPSA) is 68.4 Å². The number of hydrogen-bond donors (Lipinski definition) is 2. The summed E-state index contributed by atoms with van der Waals surface area (Å²) >= 11 is 0. The van der Waals surface area contributed by atoms with Gasteiger partial charge in [0.15, 0.2) is 0 Å². The molecule has 0 atom stereocenters. The molecule has 6 nitrogen and oxygen atoms in total. The van der Waals surface area contributed by atoms with Gasteiger partial charge >= 0.3 is 6.03 Å². The fraction of sp³-hybridized carbons (Fsp3) is 0.290. The van der Waals surface area contributed by atoms with E-state index in [1.54, 1.807) is 21.9 Å². The maximum absolute atomic E-state index is 13.6. The van der Waals surface area contributed by atoms with E-state index < -0.39 is 0 Å². The van der Waals surface area contributed by atoms with Crippen LogP contribution in [-0.4, -0.2) is 46.4 Å². The molecule has 0 aliphatic heterocycles. The highest BCUT2D eigenvalue weighted by Gasteiger charge is 2.22. The molecule has 3 amide bonds. The number of aromatic nitrogens is 1. The number of halogens is 1. The number of amides is 3. The Kier molecular flexibility index (Phi) is 9.14. The van der Waals surface area contributed by atoms with E-state index in [4.69, 9.17) is 0 Å². The van der Waals surface area contributed by atoms with Gasteiger partial charge in [0.1, 0.15) is 12.4 Å². The average Bonchev–Trinajstić information content (AvgIpc) is 3.35. The molecular weight excluding hydrogens is 479 g/mol. The van der Waals surface area contributed by atoms with E-state index in [1.807, 2.05) is 55.6 Å². The number of carbonyl (C=O) groups is 2. The Morgan fingerprint density at radius 3 is 2.29 bits per heavy atom. The molecule has 2 N–H and O–H groups in total. The molecule has 7 heteroatoms. The largest absolute Gasteiger partial charge is 0.361 e. The summed E-state index contributed by atoms with van der Waals surface area (Å²) in [6, 6.07) is 21.7. The average molecular weight is 515 g/mol. The first-order valence-electron chi connectivity index (χ1n) is 13.2. The van der Waals surface area contributed by atoms with Crippen LogP contribution in [0.1, 0.15) is 37.0 Å². The van der Waals surface area contributed by atoms with Gasteiger partial charge in [-0.15, -0.1) is 0 Å². The van der Waals surface area contributed by atoms with Crippen molar-refractivity contribution in [2.45, 2.75) is 39.7 Å². The number of nitrogens with one attached hydrogen (secondary N) is 2. The Morgan fingerprint density at radius 1 is 0.868 bits per heavy atom. The van der Waals surface area contributed by atoms with E-state index in [9.17, 15) is 14.0 Å². The third kappa shape index (κ3) is 7.00. The molecule has 3 aromatic carbocycles. The van der Waals surface area contributed by atoms with Gasteiger partial charge in [-0.3, -0.25) is 4.79 Å². The van der Waals surface area contributed by atoms with Crippen LogP contribution >= 0.6 is 0 Å². The number of H-pyrrole nitrogens is 1. The van der Waals surface area contributed by atoms with Gasteiger partial charge in [0.05, 0.1) is 0 Å². The van der Waals surface area contributed by atoms with Crippen molar-refractivity contribution in [1.29, 1.82) is 0 Å². The summed E-state index contributed by atoms with van der Waals surface area (Å²) < 4.78 is 13.5. The minimum Gasteiger partial charge on any atom is -0.361 e. The van der Waals surface area contributed by atoms with Gasteiger partial charge in [0.2, 0.25) is 5.91 Å². The Labute approximate surface area is 223 Å². The zero-order valence-electron chi connectivity index (χ0n) is 22.0. The predicted octanol–water partition coefficient (Wildman–Crippen LogP) is 6.38. The first-order chi connectivity index (χ1) is 18.5. The highest BCUT2D eigenvalue weighted by molar-refractivity contribution is 5.92.